The quantitative estimate of drug-likeness (QED) is 0.769. The second-order valence-corrected chi connectivity index (χ2v) is 6.84. The zero-order valence-corrected chi connectivity index (χ0v) is 16.7. The van der Waals surface area contributed by atoms with Gasteiger partial charge in [0.05, 0.1) is 14.2 Å². The normalized spacial score (nSPS) is 11.7. The van der Waals surface area contributed by atoms with Gasteiger partial charge >= 0.3 is 0 Å². The van der Waals surface area contributed by atoms with Crippen LogP contribution in [-0.2, 0) is 25.7 Å². The Kier molecular flexibility index (Phi) is 6.03. The van der Waals surface area contributed by atoms with E-state index >= 15 is 0 Å². The number of ether oxygens (including phenoxy) is 2. The molecule has 0 radical (unpaired) electrons. The van der Waals surface area contributed by atoms with Crippen molar-refractivity contribution < 1.29 is 9.47 Å². The maximum Gasteiger partial charge on any atom is 0.137 e. The van der Waals surface area contributed by atoms with Gasteiger partial charge in [-0.05, 0) is 72.2 Å². The predicted molar refractivity (Wildman–Crippen MR) is 109 cm³/mol. The lowest BCUT2D eigenvalue weighted by Crippen LogP contribution is -2.24. The number of nitrogens with zero attached hydrogens (tertiary/aromatic N) is 4. The Hall–Kier alpha value is -4.26. The molecule has 6 rings (SSSR count). The summed E-state index contributed by atoms with van der Waals surface area (Å²) in [5, 5.41) is 38.9. The van der Waals surface area contributed by atoms with Crippen molar-refractivity contribution in [3.05, 3.63) is 57.0 Å². The molecule has 0 unspecified atom stereocenters. The summed E-state index contributed by atoms with van der Waals surface area (Å²) >= 11 is 0. The number of hydrogen-bond acceptors (Lipinski definition) is 6. The average molecular weight is 394 g/mol. The Bertz CT molecular complexity index is 1180. The summed E-state index contributed by atoms with van der Waals surface area (Å²) in [6.07, 6.45) is 2.14. The molecular formula is C24H18N4O2. The van der Waals surface area contributed by atoms with Crippen LogP contribution < -0.4 is 19.9 Å². The van der Waals surface area contributed by atoms with E-state index in [9.17, 15) is 21.0 Å². The van der Waals surface area contributed by atoms with Crippen LogP contribution in [-0.4, -0.2) is 14.2 Å². The molecule has 0 heterocycles. The molecule has 0 fully saturated rings. The highest BCUT2D eigenvalue weighted by Crippen LogP contribution is 2.31. The summed E-state index contributed by atoms with van der Waals surface area (Å²) in [6, 6.07) is 15.3. The van der Waals surface area contributed by atoms with Crippen molar-refractivity contribution in [1.82, 2.24) is 0 Å². The van der Waals surface area contributed by atoms with Crippen molar-refractivity contribution in [1.29, 1.82) is 21.0 Å². The molecule has 146 valence electrons. The van der Waals surface area contributed by atoms with E-state index in [1.54, 1.807) is 26.4 Å². The van der Waals surface area contributed by atoms with Crippen LogP contribution in [0.3, 0.4) is 0 Å². The molecule has 0 saturated carbocycles. The van der Waals surface area contributed by atoms with Crippen molar-refractivity contribution in [2.75, 3.05) is 14.2 Å². The van der Waals surface area contributed by atoms with Gasteiger partial charge in [0, 0.05) is 10.4 Å². The summed E-state index contributed by atoms with van der Waals surface area (Å²) in [5.41, 5.74) is 3.39. The van der Waals surface area contributed by atoms with Gasteiger partial charge in [0.2, 0.25) is 0 Å². The summed E-state index contributed by atoms with van der Waals surface area (Å²) < 4.78 is 11.1. The van der Waals surface area contributed by atoms with Crippen LogP contribution in [0.1, 0.15) is 22.3 Å². The average Bonchev–Trinajstić information content (AvgIpc) is 2.77. The van der Waals surface area contributed by atoms with Crippen LogP contribution in [0.4, 0.5) is 0 Å². The van der Waals surface area contributed by atoms with E-state index in [2.05, 4.69) is 0 Å². The molecule has 0 saturated heterocycles. The first kappa shape index (κ1) is 20.5. The second kappa shape index (κ2) is 8.83. The lowest BCUT2D eigenvalue weighted by Gasteiger charge is -2.17. The zero-order chi connectivity index (χ0) is 21.7. The van der Waals surface area contributed by atoms with Crippen molar-refractivity contribution in [2.45, 2.75) is 25.7 Å². The minimum Gasteiger partial charge on any atom is -0.496 e. The van der Waals surface area contributed by atoms with Crippen molar-refractivity contribution in [3.8, 4) is 35.8 Å². The van der Waals surface area contributed by atoms with E-state index in [-0.39, 0.29) is 11.1 Å². The third kappa shape index (κ3) is 3.68. The standard InChI is InChI=1S/C24H18N4O2/c1-29-23-9-18-6-4-16-8-21(19(11-25)12-26)15(7-22(16)20(13-27)14-28)3-5-17(23)10-24(18)30-2/h7-10H,3-6H2,1-2H3. The molecule has 6 heteroatoms. The summed E-state index contributed by atoms with van der Waals surface area (Å²) in [7, 11) is 3.24. The highest BCUT2D eigenvalue weighted by molar-refractivity contribution is 5.76. The van der Waals surface area contributed by atoms with E-state index in [1.807, 2.05) is 36.4 Å². The molecule has 0 atom stereocenters. The molecule has 30 heavy (non-hydrogen) atoms. The molecule has 4 aliphatic rings. The molecule has 6 nitrogen and oxygen atoms in total. The van der Waals surface area contributed by atoms with Crippen molar-refractivity contribution in [2.24, 2.45) is 0 Å². The Labute approximate surface area is 174 Å². The lowest BCUT2D eigenvalue weighted by atomic mass is 9.91. The van der Waals surface area contributed by atoms with E-state index in [0.717, 1.165) is 33.8 Å². The van der Waals surface area contributed by atoms with Crippen LogP contribution in [0, 0.1) is 45.3 Å². The minimum atomic E-state index is 0.0174. The molecular weight excluding hydrogens is 376 g/mol. The highest BCUT2D eigenvalue weighted by Gasteiger charge is 2.16. The van der Waals surface area contributed by atoms with Gasteiger partial charge in [-0.25, -0.2) is 0 Å². The van der Waals surface area contributed by atoms with Crippen molar-refractivity contribution >= 4 is 11.1 Å². The third-order valence-electron chi connectivity index (χ3n) is 5.33. The zero-order valence-electron chi connectivity index (χ0n) is 16.7. The molecule has 0 spiro atoms. The Morgan fingerprint density at radius 2 is 0.933 bits per heavy atom. The van der Waals surface area contributed by atoms with Crippen LogP contribution >= 0.6 is 0 Å². The van der Waals surface area contributed by atoms with E-state index in [1.165, 1.54) is 0 Å². The number of nitriles is 4. The highest BCUT2D eigenvalue weighted by atomic mass is 16.5. The SMILES string of the molecule is COc1cc2c(OC)cc1CCc1cc(=C(C#N)C#N)c(cc1=C(C#N)C#N)CC2. The fraction of sp³-hybridized carbons (Fsp3) is 0.250. The first-order valence-corrected chi connectivity index (χ1v) is 9.34. The molecule has 0 N–H and O–H groups in total. The molecule has 2 aromatic carbocycles. The van der Waals surface area contributed by atoms with Crippen LogP contribution in [0.5, 0.6) is 11.5 Å². The topological polar surface area (TPSA) is 114 Å². The summed E-state index contributed by atoms with van der Waals surface area (Å²) in [4.78, 5) is 0. The maximum absolute atomic E-state index is 9.45. The third-order valence-corrected chi connectivity index (χ3v) is 5.33. The van der Waals surface area contributed by atoms with Crippen LogP contribution in [0.2, 0.25) is 0 Å². The summed E-state index contributed by atoms with van der Waals surface area (Å²) in [5.74, 6) is 1.52. The van der Waals surface area contributed by atoms with E-state index < -0.39 is 0 Å². The largest absolute Gasteiger partial charge is 0.496 e. The van der Waals surface area contributed by atoms with Crippen molar-refractivity contribution in [3.63, 3.8) is 0 Å². The summed E-state index contributed by atoms with van der Waals surface area (Å²) in [6.45, 7) is 0. The fourth-order valence-electron chi connectivity index (χ4n) is 3.81. The Morgan fingerprint density at radius 3 is 1.23 bits per heavy atom. The number of benzene rings is 2. The van der Waals surface area contributed by atoms with Gasteiger partial charge < -0.3 is 9.47 Å². The van der Waals surface area contributed by atoms with Gasteiger partial charge in [-0.15, -0.1) is 0 Å². The van der Waals surface area contributed by atoms with Crippen LogP contribution in [0.25, 0.3) is 11.1 Å². The number of hydrogen-bond donors (Lipinski definition) is 0. The van der Waals surface area contributed by atoms with E-state index in [0.29, 0.717) is 36.1 Å². The molecule has 2 aromatic rings. The maximum atomic E-state index is 9.45. The molecule has 0 amide bonds. The Morgan fingerprint density at radius 1 is 0.600 bits per heavy atom. The lowest BCUT2D eigenvalue weighted by molar-refractivity contribution is 0.394. The number of rotatable bonds is 2. The minimum absolute atomic E-state index is 0.0174. The second-order valence-electron chi connectivity index (χ2n) is 6.84. The van der Waals surface area contributed by atoms with Gasteiger partial charge in [-0.2, -0.15) is 21.0 Å². The van der Waals surface area contributed by atoms with Gasteiger partial charge in [0.15, 0.2) is 0 Å². The predicted octanol–water partition coefficient (Wildman–Crippen LogP) is 1.98. The molecule has 0 aliphatic heterocycles. The van der Waals surface area contributed by atoms with Gasteiger partial charge in [-0.3, -0.25) is 0 Å². The monoisotopic (exact) mass is 394 g/mol. The van der Waals surface area contributed by atoms with Gasteiger partial charge in [0.1, 0.15) is 46.9 Å². The number of aryl methyl sites for hydroxylation is 4. The smallest absolute Gasteiger partial charge is 0.137 e. The first-order valence-electron chi connectivity index (χ1n) is 9.34. The van der Waals surface area contributed by atoms with E-state index in [4.69, 9.17) is 9.47 Å². The molecule has 4 aliphatic carbocycles. The molecule has 4 bridgehead atoms. The van der Waals surface area contributed by atoms with Gasteiger partial charge in [-0.1, -0.05) is 0 Å². The van der Waals surface area contributed by atoms with Gasteiger partial charge in [0.25, 0.3) is 0 Å². The van der Waals surface area contributed by atoms with Crippen LogP contribution in [0.15, 0.2) is 24.3 Å². The number of methoxy groups -OCH3 is 2. The first-order chi connectivity index (χ1) is 14.6. The fourth-order valence-corrected chi connectivity index (χ4v) is 3.81. The Balaban J connectivity index is 2.39. The molecule has 0 aromatic heterocycles.